The van der Waals surface area contributed by atoms with E-state index in [0.29, 0.717) is 47.9 Å². The van der Waals surface area contributed by atoms with E-state index in [9.17, 15) is 4.79 Å². The van der Waals surface area contributed by atoms with Crippen LogP contribution in [0.4, 0.5) is 15.0 Å². The van der Waals surface area contributed by atoms with Crippen molar-refractivity contribution < 1.29 is 18.7 Å². The van der Waals surface area contributed by atoms with Gasteiger partial charge in [-0.25, -0.2) is 9.18 Å². The Balaban J connectivity index is 1.27. The van der Waals surface area contributed by atoms with Crippen LogP contribution in [0.3, 0.4) is 0 Å². The van der Waals surface area contributed by atoms with Gasteiger partial charge in [-0.1, -0.05) is 30.7 Å². The van der Waals surface area contributed by atoms with Crippen molar-refractivity contribution in [2.45, 2.75) is 95.9 Å². The lowest BCUT2D eigenvalue weighted by atomic mass is 9.95. The number of carbonyl (C=O) groups excluding carboxylic acids is 1. The average Bonchev–Trinajstić information content (AvgIpc) is 3.66. The lowest BCUT2D eigenvalue weighted by Crippen LogP contribution is -2.57. The summed E-state index contributed by atoms with van der Waals surface area (Å²) in [6.07, 6.45) is 8.24. The monoisotopic (exact) mass is 636 g/mol. The molecule has 0 aliphatic carbocycles. The maximum Gasteiger partial charge on any atom is 0.410 e. The van der Waals surface area contributed by atoms with E-state index in [1.807, 2.05) is 50.8 Å². The fourth-order valence-corrected chi connectivity index (χ4v) is 8.31. The molecule has 1 amide bonds. The third-order valence-electron chi connectivity index (χ3n) is 10.0. The summed E-state index contributed by atoms with van der Waals surface area (Å²) in [6, 6.07) is 5.58. The topological polar surface area (TPSA) is 83.9 Å². The van der Waals surface area contributed by atoms with E-state index in [2.05, 4.69) is 14.8 Å². The third-order valence-corrected chi connectivity index (χ3v) is 10.4. The molecule has 4 saturated heterocycles. The highest BCUT2D eigenvalue weighted by molar-refractivity contribution is 6.31. The molecule has 4 aliphatic rings. The molecule has 2 unspecified atom stereocenters. The van der Waals surface area contributed by atoms with Crippen LogP contribution in [0.2, 0.25) is 5.02 Å². The molecule has 3 aromatic rings. The molecule has 0 saturated carbocycles. The van der Waals surface area contributed by atoms with Crippen LogP contribution in [-0.4, -0.2) is 86.9 Å². The lowest BCUT2D eigenvalue weighted by molar-refractivity contribution is 0.0122. The number of fused-ring (bicyclic) bond motifs is 4. The number of nitrogens with zero attached hydrogens (tertiary/aromatic N) is 6. The molecule has 0 radical (unpaired) electrons. The number of aromatic nitrogens is 3. The first kappa shape index (κ1) is 30.4. The standard InChI is InChI=1S/C34H42ClFN6O3/c1-5-23-24(9-6-10-26(23)35)28-27(36)29-25(17-37-28)30(39-31(38-29)44-20-34-13-7-15-41(34)16-8-14-34)40-18-21-11-12-22(19-40)42(21)32(43)45-33(2,3)4/h6,9-10,17,21-22H,5,7-8,11-16,18-20H2,1-4H3. The van der Waals surface area contributed by atoms with Crippen LogP contribution < -0.4 is 9.64 Å². The van der Waals surface area contributed by atoms with Crippen molar-refractivity contribution in [3.8, 4) is 17.3 Å². The number of hydrogen-bond acceptors (Lipinski definition) is 8. The van der Waals surface area contributed by atoms with E-state index in [-0.39, 0.29) is 40.9 Å². The summed E-state index contributed by atoms with van der Waals surface area (Å²) in [5, 5.41) is 1.11. The molecule has 0 N–H and O–H groups in total. The van der Waals surface area contributed by atoms with Gasteiger partial charge >= 0.3 is 12.1 Å². The molecule has 11 heteroatoms. The van der Waals surface area contributed by atoms with Gasteiger partial charge in [0.15, 0.2) is 5.82 Å². The highest BCUT2D eigenvalue weighted by Gasteiger charge is 2.46. The Labute approximate surface area is 269 Å². The van der Waals surface area contributed by atoms with Crippen molar-refractivity contribution in [2.24, 2.45) is 0 Å². The number of pyridine rings is 1. The molecule has 6 heterocycles. The maximum absolute atomic E-state index is 16.6. The number of ether oxygens (including phenoxy) is 2. The van der Waals surface area contributed by atoms with E-state index in [0.717, 1.165) is 57.2 Å². The zero-order valence-corrected chi connectivity index (χ0v) is 27.4. The number of amides is 1. The van der Waals surface area contributed by atoms with Gasteiger partial charge in [0.25, 0.3) is 0 Å². The van der Waals surface area contributed by atoms with Gasteiger partial charge in [0.2, 0.25) is 0 Å². The molecular weight excluding hydrogens is 595 g/mol. The first-order valence-electron chi connectivity index (χ1n) is 16.3. The van der Waals surface area contributed by atoms with Gasteiger partial charge in [0.05, 0.1) is 23.0 Å². The number of halogens is 2. The Hall–Kier alpha value is -3.24. The van der Waals surface area contributed by atoms with E-state index < -0.39 is 11.4 Å². The summed E-state index contributed by atoms with van der Waals surface area (Å²) < 4.78 is 28.8. The highest BCUT2D eigenvalue weighted by Crippen LogP contribution is 2.41. The lowest BCUT2D eigenvalue weighted by Gasteiger charge is -2.42. The minimum Gasteiger partial charge on any atom is -0.461 e. The largest absolute Gasteiger partial charge is 0.461 e. The SMILES string of the molecule is CCc1c(Cl)cccc1-c1ncc2c(N3CC4CCC(C3)N4C(=O)OC(C)(C)C)nc(OCC34CCCN3CCC4)nc2c1F. The van der Waals surface area contributed by atoms with Crippen LogP contribution in [0.25, 0.3) is 22.2 Å². The van der Waals surface area contributed by atoms with Crippen LogP contribution in [0.5, 0.6) is 6.01 Å². The summed E-state index contributed by atoms with van der Waals surface area (Å²) >= 11 is 6.51. The molecule has 2 aromatic heterocycles. The van der Waals surface area contributed by atoms with Crippen LogP contribution in [0, 0.1) is 5.82 Å². The van der Waals surface area contributed by atoms with Crippen LogP contribution in [-0.2, 0) is 11.2 Å². The first-order chi connectivity index (χ1) is 21.6. The molecule has 4 aliphatic heterocycles. The number of rotatable bonds is 6. The predicted molar refractivity (Wildman–Crippen MR) is 172 cm³/mol. The van der Waals surface area contributed by atoms with Crippen molar-refractivity contribution in [3.63, 3.8) is 0 Å². The van der Waals surface area contributed by atoms with Crippen LogP contribution in [0.15, 0.2) is 24.4 Å². The van der Waals surface area contributed by atoms with Gasteiger partial charge in [-0.3, -0.25) is 14.8 Å². The van der Waals surface area contributed by atoms with E-state index in [1.165, 1.54) is 0 Å². The number of piperazine rings is 1. The Morgan fingerprint density at radius 2 is 1.82 bits per heavy atom. The minimum atomic E-state index is -0.571. The molecular formula is C34H42ClFN6O3. The smallest absolute Gasteiger partial charge is 0.410 e. The Bertz CT molecular complexity index is 1610. The van der Waals surface area contributed by atoms with Gasteiger partial charge in [0, 0.05) is 29.9 Å². The zero-order valence-electron chi connectivity index (χ0n) is 26.6. The normalized spacial score (nSPS) is 22.7. The second kappa shape index (κ2) is 11.5. The molecule has 0 spiro atoms. The summed E-state index contributed by atoms with van der Waals surface area (Å²) in [5.74, 6) is 0.0672. The van der Waals surface area contributed by atoms with Gasteiger partial charge in [-0.05, 0) is 90.4 Å². The molecule has 7 rings (SSSR count). The van der Waals surface area contributed by atoms with Gasteiger partial charge in [-0.2, -0.15) is 9.97 Å². The molecule has 2 bridgehead atoms. The number of carbonyl (C=O) groups is 1. The molecule has 4 fully saturated rings. The van der Waals surface area contributed by atoms with E-state index in [4.69, 9.17) is 31.0 Å². The molecule has 45 heavy (non-hydrogen) atoms. The van der Waals surface area contributed by atoms with E-state index in [1.54, 1.807) is 6.20 Å². The van der Waals surface area contributed by atoms with E-state index >= 15 is 4.39 Å². The van der Waals surface area contributed by atoms with Crippen LogP contribution >= 0.6 is 11.6 Å². The highest BCUT2D eigenvalue weighted by atomic mass is 35.5. The Morgan fingerprint density at radius 1 is 1.11 bits per heavy atom. The second-order valence-corrected chi connectivity index (χ2v) is 14.4. The third kappa shape index (κ3) is 5.47. The number of benzene rings is 1. The van der Waals surface area contributed by atoms with Crippen molar-refractivity contribution >= 4 is 34.4 Å². The van der Waals surface area contributed by atoms with Gasteiger partial charge in [-0.15, -0.1) is 0 Å². The summed E-state index contributed by atoms with van der Waals surface area (Å²) in [6.45, 7) is 11.4. The molecule has 9 nitrogen and oxygen atoms in total. The summed E-state index contributed by atoms with van der Waals surface area (Å²) in [4.78, 5) is 33.9. The maximum atomic E-state index is 16.6. The predicted octanol–water partition coefficient (Wildman–Crippen LogP) is 6.64. The van der Waals surface area contributed by atoms with Crippen molar-refractivity contribution in [1.82, 2.24) is 24.8 Å². The quantitative estimate of drug-likeness (QED) is 0.298. The Morgan fingerprint density at radius 3 is 2.49 bits per heavy atom. The fourth-order valence-electron chi connectivity index (χ4n) is 8.00. The number of hydrogen-bond donors (Lipinski definition) is 0. The van der Waals surface area contributed by atoms with Crippen molar-refractivity contribution in [1.29, 1.82) is 0 Å². The minimum absolute atomic E-state index is 0.00457. The second-order valence-electron chi connectivity index (χ2n) is 14.0. The van der Waals surface area contributed by atoms with Gasteiger partial charge in [0.1, 0.15) is 29.2 Å². The van der Waals surface area contributed by atoms with Crippen molar-refractivity contribution in [3.05, 3.63) is 40.8 Å². The van der Waals surface area contributed by atoms with Crippen molar-refractivity contribution in [2.75, 3.05) is 37.7 Å². The summed E-state index contributed by atoms with van der Waals surface area (Å²) in [7, 11) is 0. The van der Waals surface area contributed by atoms with Crippen LogP contribution in [0.1, 0.15) is 71.8 Å². The number of anilines is 1. The molecule has 1 aromatic carbocycles. The molecule has 2 atom stereocenters. The zero-order chi connectivity index (χ0) is 31.5. The fraction of sp³-hybridized carbons (Fsp3) is 0.588. The average molecular weight is 637 g/mol. The Kier molecular flexibility index (Phi) is 7.79. The first-order valence-corrected chi connectivity index (χ1v) is 16.7. The molecule has 240 valence electrons. The van der Waals surface area contributed by atoms with Gasteiger partial charge < -0.3 is 14.4 Å². The summed E-state index contributed by atoms with van der Waals surface area (Å²) in [5.41, 5.74) is 1.31.